The van der Waals surface area contributed by atoms with E-state index in [4.69, 9.17) is 0 Å². The standard InChI is InChI=1S/C28H26N6O/c1-29-24-10-11-25-26(14-17-31-27(25)18-24)33-21-6-8-22(9-7-21)34-28(35)19-2-4-20(5-3-19)32-23-12-15-30-16-13-23/h2-15,17-18,29-30,32H,16H2,1H3,(H,31,33)(H,34,35). The summed E-state index contributed by atoms with van der Waals surface area (Å²) in [6.07, 6.45) is 7.73. The highest BCUT2D eigenvalue weighted by Crippen LogP contribution is 2.27. The van der Waals surface area contributed by atoms with E-state index in [-0.39, 0.29) is 5.91 Å². The van der Waals surface area contributed by atoms with Crippen LogP contribution in [0.2, 0.25) is 0 Å². The molecule has 3 aromatic carbocycles. The fourth-order valence-electron chi connectivity index (χ4n) is 3.83. The first-order valence-corrected chi connectivity index (χ1v) is 11.4. The van der Waals surface area contributed by atoms with Crippen LogP contribution >= 0.6 is 0 Å². The molecule has 4 aromatic rings. The number of nitrogens with zero attached hydrogens (tertiary/aromatic N) is 1. The molecule has 7 heteroatoms. The number of aromatic nitrogens is 1. The molecule has 0 radical (unpaired) electrons. The van der Waals surface area contributed by atoms with Gasteiger partial charge in [-0.1, -0.05) is 0 Å². The van der Waals surface area contributed by atoms with Crippen LogP contribution in [0.25, 0.3) is 10.9 Å². The van der Waals surface area contributed by atoms with Gasteiger partial charge in [0.15, 0.2) is 0 Å². The predicted molar refractivity (Wildman–Crippen MR) is 144 cm³/mol. The summed E-state index contributed by atoms with van der Waals surface area (Å²) in [5, 5.41) is 17.0. The van der Waals surface area contributed by atoms with Crippen LogP contribution in [-0.4, -0.2) is 24.5 Å². The fourth-order valence-corrected chi connectivity index (χ4v) is 3.83. The number of amides is 1. The Balaban J connectivity index is 1.22. The topological polar surface area (TPSA) is 90.1 Å². The van der Waals surface area contributed by atoms with Gasteiger partial charge in [-0.3, -0.25) is 9.78 Å². The molecule has 0 unspecified atom stereocenters. The first-order valence-electron chi connectivity index (χ1n) is 11.4. The van der Waals surface area contributed by atoms with Crippen LogP contribution in [0.1, 0.15) is 10.4 Å². The number of benzene rings is 3. The fraction of sp³-hybridized carbons (Fsp3) is 0.0714. The predicted octanol–water partition coefficient (Wildman–Crippen LogP) is 5.69. The summed E-state index contributed by atoms with van der Waals surface area (Å²) in [6.45, 7) is 0.796. The van der Waals surface area contributed by atoms with E-state index < -0.39 is 0 Å². The Morgan fingerprint density at radius 2 is 1.57 bits per heavy atom. The van der Waals surface area contributed by atoms with Crippen molar-refractivity contribution in [3.8, 4) is 0 Å². The average molecular weight is 463 g/mol. The number of anilines is 5. The Hall–Kier alpha value is -4.78. The van der Waals surface area contributed by atoms with Crippen LogP contribution < -0.4 is 26.6 Å². The van der Waals surface area contributed by atoms with Crippen molar-refractivity contribution in [3.63, 3.8) is 0 Å². The molecule has 1 aliphatic heterocycles. The number of nitrogens with one attached hydrogen (secondary N) is 5. The number of carbonyl (C=O) groups excluding carboxylic acids is 1. The van der Waals surface area contributed by atoms with Gasteiger partial charge in [0.2, 0.25) is 0 Å². The number of fused-ring (bicyclic) bond motifs is 1. The monoisotopic (exact) mass is 462 g/mol. The van der Waals surface area contributed by atoms with Gasteiger partial charge in [0.05, 0.1) is 5.52 Å². The van der Waals surface area contributed by atoms with Crippen molar-refractivity contribution in [1.82, 2.24) is 10.3 Å². The van der Waals surface area contributed by atoms with E-state index in [1.807, 2.05) is 92.1 Å². The van der Waals surface area contributed by atoms with Crippen LogP contribution in [0.4, 0.5) is 28.4 Å². The van der Waals surface area contributed by atoms with Crippen LogP contribution in [0, 0.1) is 0 Å². The summed E-state index contributed by atoms with van der Waals surface area (Å²) in [4.78, 5) is 17.2. The molecule has 0 atom stereocenters. The molecule has 1 amide bonds. The molecule has 0 aliphatic carbocycles. The zero-order chi connectivity index (χ0) is 24.0. The van der Waals surface area contributed by atoms with Gasteiger partial charge in [-0.2, -0.15) is 0 Å². The maximum absolute atomic E-state index is 12.7. The number of rotatable bonds is 7. The molecular formula is C28H26N6O. The van der Waals surface area contributed by atoms with Crippen molar-refractivity contribution >= 4 is 45.2 Å². The Labute approximate surface area is 204 Å². The van der Waals surface area contributed by atoms with Crippen molar-refractivity contribution in [2.24, 2.45) is 0 Å². The van der Waals surface area contributed by atoms with Gasteiger partial charge >= 0.3 is 0 Å². The lowest BCUT2D eigenvalue weighted by atomic mass is 10.1. The van der Waals surface area contributed by atoms with Gasteiger partial charge in [0.1, 0.15) is 0 Å². The van der Waals surface area contributed by atoms with E-state index in [1.165, 1.54) is 0 Å². The molecule has 35 heavy (non-hydrogen) atoms. The average Bonchev–Trinajstić information content (AvgIpc) is 2.90. The normalized spacial score (nSPS) is 12.4. The van der Waals surface area contributed by atoms with E-state index in [9.17, 15) is 4.79 Å². The molecule has 0 saturated heterocycles. The van der Waals surface area contributed by atoms with Crippen molar-refractivity contribution < 1.29 is 4.79 Å². The summed E-state index contributed by atoms with van der Waals surface area (Å²) in [6, 6.07) is 23.1. The zero-order valence-electron chi connectivity index (χ0n) is 19.3. The first kappa shape index (κ1) is 22.0. The summed E-state index contributed by atoms with van der Waals surface area (Å²) < 4.78 is 0. The van der Waals surface area contributed by atoms with Crippen LogP contribution in [0.15, 0.2) is 103 Å². The lowest BCUT2D eigenvalue weighted by molar-refractivity contribution is 0.102. The quantitative estimate of drug-likeness (QED) is 0.243. The minimum atomic E-state index is -0.154. The van der Waals surface area contributed by atoms with Gasteiger partial charge < -0.3 is 26.6 Å². The largest absolute Gasteiger partial charge is 0.388 e. The molecular weight excluding hydrogens is 436 g/mol. The van der Waals surface area contributed by atoms with Crippen LogP contribution in [0.3, 0.4) is 0 Å². The Kier molecular flexibility index (Phi) is 6.30. The van der Waals surface area contributed by atoms with Crippen molar-refractivity contribution in [1.29, 1.82) is 0 Å². The third-order valence-corrected chi connectivity index (χ3v) is 5.71. The van der Waals surface area contributed by atoms with E-state index in [1.54, 1.807) is 6.20 Å². The van der Waals surface area contributed by atoms with Gasteiger partial charge in [-0.25, -0.2) is 0 Å². The SMILES string of the molecule is CNc1ccc2c(Nc3ccc(NC(=O)c4ccc(NC5=CCNC=C5)cc4)cc3)ccnc2c1. The lowest BCUT2D eigenvalue weighted by Gasteiger charge is -2.12. The highest BCUT2D eigenvalue weighted by molar-refractivity contribution is 6.04. The minimum absolute atomic E-state index is 0.154. The zero-order valence-corrected chi connectivity index (χ0v) is 19.3. The van der Waals surface area contributed by atoms with Gasteiger partial charge in [0.25, 0.3) is 5.91 Å². The number of dihydropyridines is 1. The second kappa shape index (κ2) is 10.0. The Morgan fingerprint density at radius 1 is 0.857 bits per heavy atom. The highest BCUT2D eigenvalue weighted by Gasteiger charge is 2.08. The Bertz CT molecular complexity index is 1410. The third-order valence-electron chi connectivity index (χ3n) is 5.71. The minimum Gasteiger partial charge on any atom is -0.388 e. The maximum atomic E-state index is 12.7. The van der Waals surface area contributed by atoms with Gasteiger partial charge in [-0.15, -0.1) is 0 Å². The van der Waals surface area contributed by atoms with E-state index in [0.717, 1.165) is 51.6 Å². The first-order chi connectivity index (χ1) is 17.2. The van der Waals surface area contributed by atoms with Gasteiger partial charge in [-0.05, 0) is 91.1 Å². The number of hydrogen-bond donors (Lipinski definition) is 5. The number of pyridine rings is 1. The molecule has 5 rings (SSSR count). The second-order valence-corrected chi connectivity index (χ2v) is 8.10. The molecule has 0 spiro atoms. The molecule has 0 fully saturated rings. The molecule has 5 N–H and O–H groups in total. The van der Waals surface area contributed by atoms with Crippen molar-refractivity contribution in [3.05, 3.63) is 109 Å². The van der Waals surface area contributed by atoms with E-state index >= 15 is 0 Å². The van der Waals surface area contributed by atoms with Crippen molar-refractivity contribution in [2.45, 2.75) is 0 Å². The molecule has 174 valence electrons. The molecule has 1 aromatic heterocycles. The van der Waals surface area contributed by atoms with E-state index in [2.05, 4.69) is 37.6 Å². The lowest BCUT2D eigenvalue weighted by Crippen LogP contribution is -2.13. The molecule has 7 nitrogen and oxygen atoms in total. The van der Waals surface area contributed by atoms with Crippen LogP contribution in [-0.2, 0) is 0 Å². The molecule has 0 saturated carbocycles. The van der Waals surface area contributed by atoms with Gasteiger partial charge in [0, 0.05) is 64.9 Å². The molecule has 1 aliphatic rings. The summed E-state index contributed by atoms with van der Waals surface area (Å²) in [7, 11) is 1.89. The van der Waals surface area contributed by atoms with Crippen molar-refractivity contribution in [2.75, 3.05) is 34.9 Å². The smallest absolute Gasteiger partial charge is 0.255 e. The molecule has 0 bridgehead atoms. The number of allylic oxidation sites excluding steroid dienone is 1. The summed E-state index contributed by atoms with van der Waals surface area (Å²) >= 11 is 0. The number of hydrogen-bond acceptors (Lipinski definition) is 6. The third kappa shape index (κ3) is 5.25. The Morgan fingerprint density at radius 3 is 2.31 bits per heavy atom. The second-order valence-electron chi connectivity index (χ2n) is 8.10. The van der Waals surface area contributed by atoms with E-state index in [0.29, 0.717) is 5.56 Å². The molecule has 2 heterocycles. The highest BCUT2D eigenvalue weighted by atomic mass is 16.1. The summed E-state index contributed by atoms with van der Waals surface area (Å²) in [5.41, 5.74) is 7.10. The summed E-state index contributed by atoms with van der Waals surface area (Å²) in [5.74, 6) is -0.154. The number of carbonyl (C=O) groups is 1. The maximum Gasteiger partial charge on any atom is 0.255 e. The van der Waals surface area contributed by atoms with Crippen LogP contribution in [0.5, 0.6) is 0 Å².